The van der Waals surface area contributed by atoms with Gasteiger partial charge in [0.05, 0.1) is 5.92 Å². The number of carboxylic acid groups (broad SMARTS) is 1. The first-order valence-corrected chi connectivity index (χ1v) is 11.5. The highest BCUT2D eigenvalue weighted by atomic mass is 16.5. The minimum Gasteiger partial charge on any atom is -0.481 e. The molecule has 0 aliphatic heterocycles. The van der Waals surface area contributed by atoms with Crippen molar-refractivity contribution in [3.05, 3.63) is 59.7 Å². The van der Waals surface area contributed by atoms with Crippen LogP contribution in [0, 0.1) is 11.8 Å². The van der Waals surface area contributed by atoms with Crippen molar-refractivity contribution in [2.45, 2.75) is 39.0 Å². The Morgan fingerprint density at radius 2 is 1.52 bits per heavy atom. The van der Waals surface area contributed by atoms with Crippen LogP contribution < -0.4 is 10.6 Å². The van der Waals surface area contributed by atoms with E-state index in [0.29, 0.717) is 19.4 Å². The van der Waals surface area contributed by atoms with Crippen molar-refractivity contribution in [1.82, 2.24) is 10.6 Å². The number of amides is 2. The number of rotatable bonds is 11. The molecular weight excluding hydrogens is 420 g/mol. The average Bonchev–Trinajstić information content (AvgIpc) is 3.14. The van der Waals surface area contributed by atoms with E-state index in [0.717, 1.165) is 22.3 Å². The van der Waals surface area contributed by atoms with E-state index in [1.165, 1.54) is 0 Å². The molecule has 7 nitrogen and oxygen atoms in total. The van der Waals surface area contributed by atoms with Crippen LogP contribution in [0.2, 0.25) is 0 Å². The molecule has 0 radical (unpaired) electrons. The average molecular weight is 453 g/mol. The Labute approximate surface area is 194 Å². The Morgan fingerprint density at radius 1 is 0.909 bits per heavy atom. The van der Waals surface area contributed by atoms with Crippen molar-refractivity contribution >= 4 is 18.0 Å². The molecule has 0 fully saturated rings. The van der Waals surface area contributed by atoms with Gasteiger partial charge in [0, 0.05) is 25.4 Å². The van der Waals surface area contributed by atoms with E-state index in [2.05, 4.69) is 34.9 Å². The summed E-state index contributed by atoms with van der Waals surface area (Å²) < 4.78 is 5.53. The molecule has 2 aromatic carbocycles. The molecule has 0 heterocycles. The number of aliphatic carboxylic acids is 1. The van der Waals surface area contributed by atoms with Crippen LogP contribution in [0.3, 0.4) is 0 Å². The van der Waals surface area contributed by atoms with E-state index in [1.54, 1.807) is 0 Å². The van der Waals surface area contributed by atoms with Gasteiger partial charge in [-0.2, -0.15) is 0 Å². The third kappa shape index (κ3) is 6.12. The molecule has 3 N–H and O–H groups in total. The highest BCUT2D eigenvalue weighted by molar-refractivity contribution is 5.80. The van der Waals surface area contributed by atoms with Gasteiger partial charge in [-0.05, 0) is 34.6 Å². The van der Waals surface area contributed by atoms with Crippen LogP contribution in [0.25, 0.3) is 11.1 Å². The number of carbonyl (C=O) groups excluding carboxylic acids is 2. The lowest BCUT2D eigenvalue weighted by molar-refractivity contribution is -0.138. The number of alkyl carbamates (subject to hydrolysis) is 1. The lowest BCUT2D eigenvalue weighted by Crippen LogP contribution is -2.40. The van der Waals surface area contributed by atoms with Crippen molar-refractivity contribution in [1.29, 1.82) is 0 Å². The molecule has 1 aliphatic rings. The highest BCUT2D eigenvalue weighted by Crippen LogP contribution is 2.44. The zero-order chi connectivity index (χ0) is 23.8. The summed E-state index contributed by atoms with van der Waals surface area (Å²) in [5, 5.41) is 14.5. The number of ether oxygens (including phenoxy) is 1. The van der Waals surface area contributed by atoms with Crippen LogP contribution in [-0.4, -0.2) is 42.8 Å². The minimum absolute atomic E-state index is 0.0194. The van der Waals surface area contributed by atoms with E-state index in [1.807, 2.05) is 38.1 Å². The number of carboxylic acids is 1. The summed E-state index contributed by atoms with van der Waals surface area (Å²) >= 11 is 0. The molecule has 2 aromatic rings. The van der Waals surface area contributed by atoms with Gasteiger partial charge in [-0.3, -0.25) is 9.59 Å². The quantitative estimate of drug-likeness (QED) is 0.475. The summed E-state index contributed by atoms with van der Waals surface area (Å²) in [6.45, 7) is 4.46. The third-order valence-corrected chi connectivity index (χ3v) is 6.31. The second kappa shape index (κ2) is 11.5. The SMILES string of the molecule is CCC(CNC(=O)C(CC)CNC(=O)OCC1c2ccccc2-c2ccccc21)CC(=O)O. The zero-order valence-electron chi connectivity index (χ0n) is 19.2. The summed E-state index contributed by atoms with van der Waals surface area (Å²) in [7, 11) is 0. The summed E-state index contributed by atoms with van der Waals surface area (Å²) in [6, 6.07) is 16.3. The summed E-state index contributed by atoms with van der Waals surface area (Å²) in [5.41, 5.74) is 4.62. The standard InChI is InChI=1S/C26H32N2O5/c1-3-17(13-24(29)30)14-27-25(31)18(4-2)15-28-26(32)33-16-23-21-11-7-5-9-19(21)20-10-6-8-12-22(20)23/h5-12,17-18,23H,3-4,13-16H2,1-2H3,(H,27,31)(H,28,32)(H,29,30). The molecule has 33 heavy (non-hydrogen) atoms. The maximum atomic E-state index is 12.5. The Kier molecular flexibility index (Phi) is 8.46. The van der Waals surface area contributed by atoms with Crippen LogP contribution in [-0.2, 0) is 14.3 Å². The first kappa shape index (κ1) is 24.3. The maximum absolute atomic E-state index is 12.5. The van der Waals surface area contributed by atoms with E-state index in [9.17, 15) is 14.4 Å². The number of hydrogen-bond donors (Lipinski definition) is 3. The Hall–Kier alpha value is -3.35. The fourth-order valence-corrected chi connectivity index (χ4v) is 4.28. The van der Waals surface area contributed by atoms with Gasteiger partial charge < -0.3 is 20.5 Å². The van der Waals surface area contributed by atoms with E-state index >= 15 is 0 Å². The van der Waals surface area contributed by atoms with Crippen molar-refractivity contribution < 1.29 is 24.2 Å². The van der Waals surface area contributed by atoms with Gasteiger partial charge in [0.25, 0.3) is 0 Å². The molecule has 0 saturated carbocycles. The van der Waals surface area contributed by atoms with Gasteiger partial charge in [0.1, 0.15) is 6.61 Å². The molecule has 2 atom stereocenters. The monoisotopic (exact) mass is 452 g/mol. The molecule has 0 saturated heterocycles. The van der Waals surface area contributed by atoms with Crippen LogP contribution in [0.1, 0.15) is 50.2 Å². The highest BCUT2D eigenvalue weighted by Gasteiger charge is 2.29. The number of fused-ring (bicyclic) bond motifs is 3. The molecule has 7 heteroatoms. The number of nitrogens with one attached hydrogen (secondary N) is 2. The molecular formula is C26H32N2O5. The predicted octanol–water partition coefficient (Wildman–Crippen LogP) is 4.17. The maximum Gasteiger partial charge on any atom is 0.407 e. The van der Waals surface area contributed by atoms with Gasteiger partial charge in [0.2, 0.25) is 5.91 Å². The minimum atomic E-state index is -0.875. The molecule has 3 rings (SSSR count). The first-order chi connectivity index (χ1) is 15.9. The zero-order valence-corrected chi connectivity index (χ0v) is 19.2. The molecule has 0 aromatic heterocycles. The Morgan fingerprint density at radius 3 is 2.06 bits per heavy atom. The lowest BCUT2D eigenvalue weighted by atomic mass is 9.98. The van der Waals surface area contributed by atoms with Gasteiger partial charge in [-0.25, -0.2) is 4.79 Å². The Balaban J connectivity index is 1.50. The second-order valence-electron chi connectivity index (χ2n) is 8.43. The first-order valence-electron chi connectivity index (χ1n) is 11.5. The molecule has 0 bridgehead atoms. The van der Waals surface area contributed by atoms with Gasteiger partial charge >= 0.3 is 12.1 Å². The van der Waals surface area contributed by atoms with E-state index in [4.69, 9.17) is 9.84 Å². The van der Waals surface area contributed by atoms with Crippen LogP contribution in [0.4, 0.5) is 4.79 Å². The molecule has 2 amide bonds. The van der Waals surface area contributed by atoms with Gasteiger partial charge in [-0.15, -0.1) is 0 Å². The van der Waals surface area contributed by atoms with E-state index in [-0.39, 0.29) is 37.3 Å². The Bertz CT molecular complexity index is 945. The van der Waals surface area contributed by atoms with Gasteiger partial charge in [0.15, 0.2) is 0 Å². The number of benzene rings is 2. The molecule has 176 valence electrons. The van der Waals surface area contributed by atoms with Gasteiger partial charge in [-0.1, -0.05) is 68.8 Å². The van der Waals surface area contributed by atoms with Crippen LogP contribution in [0.15, 0.2) is 48.5 Å². The van der Waals surface area contributed by atoms with Crippen molar-refractivity contribution in [3.8, 4) is 11.1 Å². The smallest absolute Gasteiger partial charge is 0.407 e. The summed E-state index contributed by atoms with van der Waals surface area (Å²) in [6.07, 6.45) is 0.679. The fraction of sp³-hybridized carbons (Fsp3) is 0.423. The molecule has 1 aliphatic carbocycles. The lowest BCUT2D eigenvalue weighted by Gasteiger charge is -2.19. The van der Waals surface area contributed by atoms with Crippen molar-refractivity contribution in [2.24, 2.45) is 11.8 Å². The number of hydrogen-bond acceptors (Lipinski definition) is 4. The summed E-state index contributed by atoms with van der Waals surface area (Å²) in [5.74, 6) is -1.61. The fourth-order valence-electron chi connectivity index (χ4n) is 4.28. The van der Waals surface area contributed by atoms with Crippen molar-refractivity contribution in [2.75, 3.05) is 19.7 Å². The largest absolute Gasteiger partial charge is 0.481 e. The van der Waals surface area contributed by atoms with E-state index < -0.39 is 18.0 Å². The summed E-state index contributed by atoms with van der Waals surface area (Å²) in [4.78, 5) is 35.8. The normalized spacial score (nSPS) is 14.0. The van der Waals surface area contributed by atoms with Crippen LogP contribution in [0.5, 0.6) is 0 Å². The topological polar surface area (TPSA) is 105 Å². The number of carbonyl (C=O) groups is 3. The molecule has 0 spiro atoms. The van der Waals surface area contributed by atoms with Crippen LogP contribution >= 0.6 is 0 Å². The third-order valence-electron chi connectivity index (χ3n) is 6.31. The predicted molar refractivity (Wildman–Crippen MR) is 126 cm³/mol. The molecule has 2 unspecified atom stereocenters. The second-order valence-corrected chi connectivity index (χ2v) is 8.43. The van der Waals surface area contributed by atoms with Crippen molar-refractivity contribution in [3.63, 3.8) is 0 Å².